The van der Waals surface area contributed by atoms with Crippen LogP contribution < -0.4 is 10.2 Å². The molecule has 1 aliphatic rings. The summed E-state index contributed by atoms with van der Waals surface area (Å²) in [5.41, 5.74) is 1.72. The van der Waals surface area contributed by atoms with Gasteiger partial charge in [-0.2, -0.15) is 0 Å². The monoisotopic (exact) mass is 360 g/mol. The Hall–Kier alpha value is -1.98. The molecule has 0 spiro atoms. The third-order valence-corrected chi connectivity index (χ3v) is 5.12. The molecule has 4 nitrogen and oxygen atoms in total. The Morgan fingerprint density at radius 1 is 1.29 bits per heavy atom. The maximum Gasteiger partial charge on any atom is 0.240 e. The van der Waals surface area contributed by atoms with Gasteiger partial charge in [0.25, 0.3) is 0 Å². The molecule has 1 N–H and O–H groups in total. The number of hydrogen-bond donors (Lipinski definition) is 1. The summed E-state index contributed by atoms with van der Waals surface area (Å²) in [6.07, 6.45) is 0. The molecule has 0 aliphatic carbocycles. The van der Waals surface area contributed by atoms with E-state index in [2.05, 4.69) is 5.32 Å². The molecule has 0 aromatic heterocycles. The van der Waals surface area contributed by atoms with Gasteiger partial charge in [-0.05, 0) is 36.8 Å². The Labute approximate surface area is 150 Å². The minimum atomic E-state index is -0.197. The molecule has 0 radical (unpaired) electrons. The van der Waals surface area contributed by atoms with E-state index in [-0.39, 0.29) is 24.4 Å². The van der Waals surface area contributed by atoms with E-state index in [0.29, 0.717) is 10.8 Å². The van der Waals surface area contributed by atoms with Crippen LogP contribution in [0.5, 0.6) is 0 Å². The Morgan fingerprint density at radius 2 is 2.08 bits per heavy atom. The molecule has 124 valence electrons. The van der Waals surface area contributed by atoms with Gasteiger partial charge in [-0.15, -0.1) is 11.8 Å². The molecule has 2 amide bonds. The van der Waals surface area contributed by atoms with Crippen LogP contribution in [-0.4, -0.2) is 24.1 Å². The SMILES string of the molecule is C[C@@H](NC(=O)CN1C(=O)CSc2ccccc21)c1cccc(Cl)c1. The molecule has 0 bridgehead atoms. The zero-order valence-electron chi connectivity index (χ0n) is 13.2. The molecular weight excluding hydrogens is 344 g/mol. The van der Waals surface area contributed by atoms with Gasteiger partial charge in [-0.1, -0.05) is 35.9 Å². The number of nitrogens with one attached hydrogen (secondary N) is 1. The Bertz CT molecular complexity index is 781. The summed E-state index contributed by atoms with van der Waals surface area (Å²) in [4.78, 5) is 27.2. The summed E-state index contributed by atoms with van der Waals surface area (Å²) >= 11 is 7.49. The van der Waals surface area contributed by atoms with E-state index in [1.54, 1.807) is 11.0 Å². The van der Waals surface area contributed by atoms with Gasteiger partial charge in [-0.25, -0.2) is 0 Å². The summed E-state index contributed by atoms with van der Waals surface area (Å²) in [7, 11) is 0. The summed E-state index contributed by atoms with van der Waals surface area (Å²) in [6, 6.07) is 14.8. The van der Waals surface area contributed by atoms with E-state index in [1.165, 1.54) is 11.8 Å². The number of carbonyl (C=O) groups excluding carboxylic acids is 2. The van der Waals surface area contributed by atoms with Crippen LogP contribution in [0.4, 0.5) is 5.69 Å². The van der Waals surface area contributed by atoms with Gasteiger partial charge >= 0.3 is 0 Å². The predicted molar refractivity (Wildman–Crippen MR) is 97.5 cm³/mol. The van der Waals surface area contributed by atoms with Crippen LogP contribution in [0.25, 0.3) is 0 Å². The van der Waals surface area contributed by atoms with Crippen LogP contribution in [-0.2, 0) is 9.59 Å². The van der Waals surface area contributed by atoms with Crippen molar-refractivity contribution in [1.29, 1.82) is 0 Å². The fourth-order valence-corrected chi connectivity index (χ4v) is 3.75. The minimum Gasteiger partial charge on any atom is -0.348 e. The maximum atomic E-state index is 12.4. The molecule has 1 heterocycles. The van der Waals surface area contributed by atoms with Gasteiger partial charge in [0.2, 0.25) is 11.8 Å². The third kappa shape index (κ3) is 3.74. The highest BCUT2D eigenvalue weighted by Crippen LogP contribution is 2.34. The Morgan fingerprint density at radius 3 is 2.88 bits per heavy atom. The number of amides is 2. The summed E-state index contributed by atoms with van der Waals surface area (Å²) in [6.45, 7) is 1.91. The van der Waals surface area contributed by atoms with Crippen molar-refractivity contribution in [2.24, 2.45) is 0 Å². The number of anilines is 1. The average molecular weight is 361 g/mol. The van der Waals surface area contributed by atoms with Crippen molar-refractivity contribution in [3.05, 3.63) is 59.1 Å². The van der Waals surface area contributed by atoms with E-state index in [0.717, 1.165) is 16.1 Å². The number of para-hydroxylation sites is 1. The maximum absolute atomic E-state index is 12.4. The highest BCUT2D eigenvalue weighted by Gasteiger charge is 2.26. The zero-order valence-corrected chi connectivity index (χ0v) is 14.7. The number of nitrogens with zero attached hydrogens (tertiary/aromatic N) is 1. The third-order valence-electron chi connectivity index (χ3n) is 3.84. The smallest absolute Gasteiger partial charge is 0.240 e. The Kier molecular flexibility index (Phi) is 5.11. The standard InChI is InChI=1S/C18H17ClN2O2S/c1-12(13-5-4-6-14(19)9-13)20-17(22)10-21-15-7-2-3-8-16(15)24-11-18(21)23/h2-9,12H,10-11H2,1H3,(H,20,22)/t12-/m1/s1. The van der Waals surface area contributed by atoms with Crippen LogP contribution in [0.2, 0.25) is 5.02 Å². The van der Waals surface area contributed by atoms with Crippen LogP contribution in [0, 0.1) is 0 Å². The first-order valence-corrected chi connectivity index (χ1v) is 8.98. The molecule has 2 aromatic carbocycles. The van der Waals surface area contributed by atoms with E-state index >= 15 is 0 Å². The highest BCUT2D eigenvalue weighted by molar-refractivity contribution is 8.00. The lowest BCUT2D eigenvalue weighted by Crippen LogP contribution is -2.43. The number of rotatable bonds is 4. The molecule has 1 atom stereocenters. The number of hydrogen-bond acceptors (Lipinski definition) is 3. The molecule has 0 saturated carbocycles. The molecule has 2 aromatic rings. The second-order valence-corrected chi connectivity index (χ2v) is 7.03. The lowest BCUT2D eigenvalue weighted by Gasteiger charge is -2.28. The van der Waals surface area contributed by atoms with Crippen molar-refractivity contribution in [3.63, 3.8) is 0 Å². The average Bonchev–Trinajstić information content (AvgIpc) is 2.57. The Balaban J connectivity index is 1.70. The second kappa shape index (κ2) is 7.28. The number of fused-ring (bicyclic) bond motifs is 1. The number of carbonyl (C=O) groups is 2. The highest BCUT2D eigenvalue weighted by atomic mass is 35.5. The minimum absolute atomic E-state index is 0.0152. The van der Waals surface area contributed by atoms with Crippen molar-refractivity contribution >= 4 is 40.9 Å². The number of thioether (sulfide) groups is 1. The largest absolute Gasteiger partial charge is 0.348 e. The molecule has 6 heteroatoms. The molecule has 0 saturated heterocycles. The normalized spacial score (nSPS) is 14.9. The van der Waals surface area contributed by atoms with Gasteiger partial charge in [-0.3, -0.25) is 9.59 Å². The van der Waals surface area contributed by atoms with Gasteiger partial charge in [0, 0.05) is 9.92 Å². The van der Waals surface area contributed by atoms with Crippen LogP contribution in [0.15, 0.2) is 53.4 Å². The molecule has 3 rings (SSSR count). The second-order valence-electron chi connectivity index (χ2n) is 5.58. The first kappa shape index (κ1) is 16.9. The van der Waals surface area contributed by atoms with Crippen molar-refractivity contribution in [3.8, 4) is 0 Å². The topological polar surface area (TPSA) is 49.4 Å². The molecule has 0 fully saturated rings. The van der Waals surface area contributed by atoms with Gasteiger partial charge in [0.05, 0.1) is 17.5 Å². The van der Waals surface area contributed by atoms with E-state index < -0.39 is 0 Å². The van der Waals surface area contributed by atoms with E-state index in [1.807, 2.05) is 49.4 Å². The van der Waals surface area contributed by atoms with Crippen LogP contribution in [0.1, 0.15) is 18.5 Å². The van der Waals surface area contributed by atoms with Crippen molar-refractivity contribution in [2.45, 2.75) is 17.9 Å². The predicted octanol–water partition coefficient (Wildman–Crippen LogP) is 3.66. The summed E-state index contributed by atoms with van der Waals surface area (Å²) < 4.78 is 0. The fourth-order valence-electron chi connectivity index (χ4n) is 2.62. The van der Waals surface area contributed by atoms with Gasteiger partial charge in [0.1, 0.15) is 6.54 Å². The van der Waals surface area contributed by atoms with Crippen LogP contribution in [0.3, 0.4) is 0 Å². The number of halogens is 1. The first-order chi connectivity index (χ1) is 11.5. The quantitative estimate of drug-likeness (QED) is 0.905. The van der Waals surface area contributed by atoms with Gasteiger partial charge < -0.3 is 10.2 Å². The van der Waals surface area contributed by atoms with Crippen LogP contribution >= 0.6 is 23.4 Å². The summed E-state index contributed by atoms with van der Waals surface area (Å²) in [5.74, 6) is 0.107. The zero-order chi connectivity index (χ0) is 17.1. The van der Waals surface area contributed by atoms with Crippen molar-refractivity contribution in [1.82, 2.24) is 5.32 Å². The van der Waals surface area contributed by atoms with E-state index in [4.69, 9.17) is 11.6 Å². The molecule has 1 aliphatic heterocycles. The van der Waals surface area contributed by atoms with Crippen molar-refractivity contribution in [2.75, 3.05) is 17.2 Å². The lowest BCUT2D eigenvalue weighted by atomic mass is 10.1. The number of benzene rings is 2. The van der Waals surface area contributed by atoms with E-state index in [9.17, 15) is 9.59 Å². The molecule has 0 unspecified atom stereocenters. The first-order valence-electron chi connectivity index (χ1n) is 7.61. The van der Waals surface area contributed by atoms with Gasteiger partial charge in [0.15, 0.2) is 0 Å². The lowest BCUT2D eigenvalue weighted by molar-refractivity contribution is -0.123. The molecule has 24 heavy (non-hydrogen) atoms. The van der Waals surface area contributed by atoms with Crippen molar-refractivity contribution < 1.29 is 9.59 Å². The fraction of sp³-hybridized carbons (Fsp3) is 0.222. The summed E-state index contributed by atoms with van der Waals surface area (Å²) in [5, 5.41) is 3.55. The molecular formula is C18H17ClN2O2S.